The highest BCUT2D eigenvalue weighted by atomic mass is 16.6. The molecule has 1 rings (SSSR count). The molecule has 0 radical (unpaired) electrons. The third kappa shape index (κ3) is 4.37. The van der Waals surface area contributed by atoms with Crippen molar-refractivity contribution in [3.05, 3.63) is 23.8 Å². The van der Waals surface area contributed by atoms with Crippen molar-refractivity contribution in [2.75, 3.05) is 7.11 Å². The summed E-state index contributed by atoms with van der Waals surface area (Å²) in [5, 5.41) is 12.5. The molecule has 0 aliphatic heterocycles. The summed E-state index contributed by atoms with van der Waals surface area (Å²) in [7, 11) is 1.46. The molecule has 1 amide bonds. The third-order valence-electron chi connectivity index (χ3n) is 2.76. The summed E-state index contributed by atoms with van der Waals surface area (Å²) < 4.78 is 10.1. The summed E-state index contributed by atoms with van der Waals surface area (Å²) in [6.45, 7) is 6.63. The molecule has 1 atom stereocenters. The first-order valence-corrected chi connectivity index (χ1v) is 6.46. The fourth-order valence-corrected chi connectivity index (χ4v) is 1.75. The number of hydrogen-bond donors (Lipinski definition) is 2. The molecule has 0 saturated carbocycles. The highest BCUT2D eigenvalue weighted by Crippen LogP contribution is 2.31. The summed E-state index contributed by atoms with van der Waals surface area (Å²) in [6.07, 6.45) is -0.203. The Balaban J connectivity index is 3.04. The van der Waals surface area contributed by atoms with E-state index in [1.807, 2.05) is 0 Å². The number of aromatic hydroxyl groups is 1. The second-order valence-corrected chi connectivity index (χ2v) is 5.83. The van der Waals surface area contributed by atoms with Crippen LogP contribution in [0.25, 0.3) is 0 Å². The fraction of sp³-hybridized carbons (Fsp3) is 0.467. The molecule has 0 bridgehead atoms. The van der Waals surface area contributed by atoms with E-state index < -0.39 is 17.2 Å². The monoisotopic (exact) mass is 295 g/mol. The summed E-state index contributed by atoms with van der Waals surface area (Å²) in [6, 6.07) is 4.47. The third-order valence-corrected chi connectivity index (χ3v) is 2.76. The zero-order valence-electron chi connectivity index (χ0n) is 12.9. The number of ether oxygens (including phenoxy) is 2. The Bertz CT molecular complexity index is 535. The number of carbonyl (C=O) groups is 2. The zero-order valence-corrected chi connectivity index (χ0v) is 12.9. The molecule has 0 spiro atoms. The molecule has 6 heteroatoms. The van der Waals surface area contributed by atoms with Gasteiger partial charge in [0.1, 0.15) is 28.9 Å². The summed E-state index contributed by atoms with van der Waals surface area (Å²) in [5.41, 5.74) is -1.83. The van der Waals surface area contributed by atoms with E-state index >= 15 is 0 Å². The maximum atomic E-state index is 11.8. The van der Waals surface area contributed by atoms with Crippen molar-refractivity contribution >= 4 is 12.4 Å². The van der Waals surface area contributed by atoms with Gasteiger partial charge in [-0.1, -0.05) is 0 Å². The van der Waals surface area contributed by atoms with Gasteiger partial charge in [-0.25, -0.2) is 4.79 Å². The number of phenolic OH excluding ortho intramolecular Hbond substituents is 1. The number of benzene rings is 1. The molecule has 6 nitrogen and oxygen atoms in total. The maximum Gasteiger partial charge on any atom is 0.408 e. The normalized spacial score (nSPS) is 14.0. The van der Waals surface area contributed by atoms with E-state index in [1.54, 1.807) is 26.8 Å². The second kappa shape index (κ2) is 6.03. The van der Waals surface area contributed by atoms with Gasteiger partial charge < -0.3 is 24.7 Å². The van der Waals surface area contributed by atoms with Crippen LogP contribution in [0.4, 0.5) is 4.79 Å². The molecular formula is C15H21NO5. The van der Waals surface area contributed by atoms with E-state index in [-0.39, 0.29) is 11.3 Å². The smallest absolute Gasteiger partial charge is 0.408 e. The lowest BCUT2D eigenvalue weighted by Gasteiger charge is -2.28. The molecule has 116 valence electrons. The standard InChI is InChI=1S/C15H21NO5/c1-14(2,3)21-13(19)16-15(4,9-17)11-7-6-10(20-5)8-12(11)18/h6-9,18H,1-5H3,(H,16,19). The lowest BCUT2D eigenvalue weighted by Crippen LogP contribution is -2.46. The number of nitrogens with one attached hydrogen (secondary N) is 1. The Hall–Kier alpha value is -2.24. The van der Waals surface area contributed by atoms with Crippen LogP contribution in [0.15, 0.2) is 18.2 Å². The zero-order chi connectivity index (χ0) is 16.3. The van der Waals surface area contributed by atoms with Crippen molar-refractivity contribution in [1.29, 1.82) is 0 Å². The minimum atomic E-state index is -1.40. The molecule has 1 aromatic carbocycles. The van der Waals surface area contributed by atoms with Crippen molar-refractivity contribution in [3.8, 4) is 11.5 Å². The lowest BCUT2D eigenvalue weighted by molar-refractivity contribution is -0.113. The second-order valence-electron chi connectivity index (χ2n) is 5.83. The highest BCUT2D eigenvalue weighted by molar-refractivity contribution is 5.79. The van der Waals surface area contributed by atoms with Crippen LogP contribution in [0.2, 0.25) is 0 Å². The number of aldehydes is 1. The molecule has 1 aromatic rings. The lowest BCUT2D eigenvalue weighted by atomic mass is 9.92. The van der Waals surface area contributed by atoms with Crippen LogP contribution < -0.4 is 10.1 Å². The Morgan fingerprint density at radius 2 is 1.90 bits per heavy atom. The van der Waals surface area contributed by atoms with Gasteiger partial charge in [0, 0.05) is 11.6 Å². The van der Waals surface area contributed by atoms with Gasteiger partial charge in [-0.15, -0.1) is 0 Å². The molecule has 0 aliphatic carbocycles. The van der Waals surface area contributed by atoms with Crippen LogP contribution in [-0.4, -0.2) is 30.2 Å². The van der Waals surface area contributed by atoms with E-state index in [2.05, 4.69) is 5.32 Å². The molecule has 0 saturated heterocycles. The topological polar surface area (TPSA) is 84.9 Å². The highest BCUT2D eigenvalue weighted by Gasteiger charge is 2.33. The van der Waals surface area contributed by atoms with E-state index in [4.69, 9.17) is 9.47 Å². The van der Waals surface area contributed by atoms with Crippen LogP contribution >= 0.6 is 0 Å². The molecule has 0 fully saturated rings. The molecule has 0 heterocycles. The van der Waals surface area contributed by atoms with Crippen LogP contribution in [0.3, 0.4) is 0 Å². The fourth-order valence-electron chi connectivity index (χ4n) is 1.75. The SMILES string of the molecule is COc1ccc(C(C)(C=O)NC(=O)OC(C)(C)C)c(O)c1. The molecule has 1 unspecified atom stereocenters. The average Bonchev–Trinajstić information content (AvgIpc) is 2.35. The van der Waals surface area contributed by atoms with Gasteiger partial charge in [0.05, 0.1) is 7.11 Å². The summed E-state index contributed by atoms with van der Waals surface area (Å²) in [5.74, 6) is 0.293. The Labute approximate surface area is 124 Å². The van der Waals surface area contributed by atoms with Gasteiger partial charge in [0.2, 0.25) is 0 Å². The predicted molar refractivity (Wildman–Crippen MR) is 77.4 cm³/mol. The molecule has 21 heavy (non-hydrogen) atoms. The van der Waals surface area contributed by atoms with Crippen LogP contribution in [-0.2, 0) is 15.1 Å². The minimum absolute atomic E-state index is 0.153. The van der Waals surface area contributed by atoms with Crippen molar-refractivity contribution in [2.24, 2.45) is 0 Å². The number of carbonyl (C=O) groups excluding carboxylic acids is 2. The largest absolute Gasteiger partial charge is 0.507 e. The quantitative estimate of drug-likeness (QED) is 0.833. The average molecular weight is 295 g/mol. The van der Waals surface area contributed by atoms with Crippen LogP contribution in [0.1, 0.15) is 33.3 Å². The predicted octanol–water partition coefficient (Wildman–Crippen LogP) is 2.34. The van der Waals surface area contributed by atoms with Crippen molar-refractivity contribution < 1.29 is 24.2 Å². The summed E-state index contributed by atoms with van der Waals surface area (Å²) in [4.78, 5) is 23.3. The van der Waals surface area contributed by atoms with Gasteiger partial charge in [0.15, 0.2) is 0 Å². The van der Waals surface area contributed by atoms with Gasteiger partial charge in [0.25, 0.3) is 0 Å². The summed E-state index contributed by atoms with van der Waals surface area (Å²) >= 11 is 0. The van der Waals surface area contributed by atoms with E-state index in [0.717, 1.165) is 0 Å². The van der Waals surface area contributed by atoms with Crippen molar-refractivity contribution in [1.82, 2.24) is 5.32 Å². The van der Waals surface area contributed by atoms with Crippen LogP contribution in [0.5, 0.6) is 11.5 Å². The number of alkyl carbamates (subject to hydrolysis) is 1. The first-order chi connectivity index (χ1) is 9.61. The molecular weight excluding hydrogens is 274 g/mol. The molecule has 0 aliphatic rings. The molecule has 2 N–H and O–H groups in total. The molecule has 0 aromatic heterocycles. The Morgan fingerprint density at radius 3 is 2.33 bits per heavy atom. The van der Waals surface area contributed by atoms with E-state index in [9.17, 15) is 14.7 Å². The van der Waals surface area contributed by atoms with Crippen molar-refractivity contribution in [2.45, 2.75) is 38.8 Å². The number of methoxy groups -OCH3 is 1. The van der Waals surface area contributed by atoms with E-state index in [1.165, 1.54) is 26.2 Å². The van der Waals surface area contributed by atoms with Crippen LogP contribution in [0, 0.1) is 0 Å². The number of hydrogen-bond acceptors (Lipinski definition) is 5. The Morgan fingerprint density at radius 1 is 1.29 bits per heavy atom. The van der Waals surface area contributed by atoms with E-state index in [0.29, 0.717) is 12.0 Å². The minimum Gasteiger partial charge on any atom is -0.507 e. The first kappa shape index (κ1) is 16.8. The number of phenols is 1. The Kier molecular flexibility index (Phi) is 4.83. The van der Waals surface area contributed by atoms with Gasteiger partial charge in [-0.05, 0) is 39.8 Å². The maximum absolute atomic E-state index is 11.8. The first-order valence-electron chi connectivity index (χ1n) is 6.46. The number of amides is 1. The van der Waals surface area contributed by atoms with Gasteiger partial charge in [-0.2, -0.15) is 0 Å². The van der Waals surface area contributed by atoms with Gasteiger partial charge in [-0.3, -0.25) is 0 Å². The van der Waals surface area contributed by atoms with Gasteiger partial charge >= 0.3 is 6.09 Å². The van der Waals surface area contributed by atoms with Crippen molar-refractivity contribution in [3.63, 3.8) is 0 Å². The number of rotatable bonds is 4.